The molecule has 5 heteroatoms. The maximum atomic E-state index is 10.9. The fraction of sp³-hybridized carbons (Fsp3) is 0.800. The van der Waals surface area contributed by atoms with Crippen molar-refractivity contribution in [2.75, 3.05) is 6.61 Å². The molecule has 0 heterocycles. The van der Waals surface area contributed by atoms with Crippen molar-refractivity contribution in [3.8, 4) is 0 Å². The van der Waals surface area contributed by atoms with E-state index in [1.807, 2.05) is 6.92 Å². The van der Waals surface area contributed by atoms with E-state index in [0.29, 0.717) is 5.92 Å². The van der Waals surface area contributed by atoms with E-state index in [4.69, 9.17) is 16.6 Å². The zero-order valence-electron chi connectivity index (χ0n) is 9.12. The summed E-state index contributed by atoms with van der Waals surface area (Å²) in [6.07, 6.45) is 4.11. The highest BCUT2D eigenvalue weighted by atomic mass is 35.5. The average molecular weight is 237 g/mol. The van der Waals surface area contributed by atoms with Gasteiger partial charge in [0.2, 0.25) is 0 Å². The molecule has 0 aromatic rings. The van der Waals surface area contributed by atoms with Crippen LogP contribution in [0.25, 0.3) is 0 Å². The Kier molecular flexibility index (Phi) is 8.09. The molecule has 15 heavy (non-hydrogen) atoms. The lowest BCUT2D eigenvalue weighted by atomic mass is 10.0. The van der Waals surface area contributed by atoms with Gasteiger partial charge in [0.15, 0.2) is 0 Å². The zero-order chi connectivity index (χ0) is 11.7. The summed E-state index contributed by atoms with van der Waals surface area (Å²) in [5.74, 6) is -1.89. The Balaban J connectivity index is 3.79. The van der Waals surface area contributed by atoms with E-state index in [9.17, 15) is 9.59 Å². The first-order valence-electron chi connectivity index (χ1n) is 5.15. The van der Waals surface area contributed by atoms with Crippen LogP contribution in [0.15, 0.2) is 0 Å². The Morgan fingerprint density at radius 3 is 2.40 bits per heavy atom. The zero-order valence-corrected chi connectivity index (χ0v) is 9.88. The van der Waals surface area contributed by atoms with Crippen LogP contribution in [0.2, 0.25) is 0 Å². The van der Waals surface area contributed by atoms with Crippen molar-refractivity contribution in [1.29, 1.82) is 0 Å². The number of unbranched alkanes of at least 4 members (excludes halogenated alkanes) is 1. The van der Waals surface area contributed by atoms with Gasteiger partial charge < -0.3 is 9.03 Å². The van der Waals surface area contributed by atoms with Gasteiger partial charge in [0.1, 0.15) is 11.9 Å². The Hall–Kier alpha value is -0.770. The second kappa shape index (κ2) is 8.53. The summed E-state index contributed by atoms with van der Waals surface area (Å²) in [6.45, 7) is 4.37. The lowest BCUT2D eigenvalue weighted by Gasteiger charge is -2.13. The van der Waals surface area contributed by atoms with Crippen LogP contribution in [0.4, 0.5) is 0 Å². The van der Waals surface area contributed by atoms with Gasteiger partial charge >= 0.3 is 11.9 Å². The van der Waals surface area contributed by atoms with Crippen LogP contribution in [-0.4, -0.2) is 18.5 Å². The summed E-state index contributed by atoms with van der Waals surface area (Å²) >= 11 is 4.73. The molecule has 0 aliphatic carbocycles. The Bertz CT molecular complexity index is 206. The van der Waals surface area contributed by atoms with E-state index in [-0.39, 0.29) is 6.61 Å². The van der Waals surface area contributed by atoms with Crippen molar-refractivity contribution in [2.45, 2.75) is 39.5 Å². The number of carbonyl (C=O) groups excluding carboxylic acids is 2. The van der Waals surface area contributed by atoms with Crippen LogP contribution < -0.4 is 0 Å². The van der Waals surface area contributed by atoms with E-state index >= 15 is 0 Å². The molecule has 0 bridgehead atoms. The minimum Gasteiger partial charge on any atom is -0.457 e. The van der Waals surface area contributed by atoms with E-state index < -0.39 is 11.9 Å². The Morgan fingerprint density at radius 2 is 1.93 bits per heavy atom. The van der Waals surface area contributed by atoms with Gasteiger partial charge in [0.05, 0.1) is 6.61 Å². The lowest BCUT2D eigenvalue weighted by Crippen LogP contribution is -2.21. The fourth-order valence-corrected chi connectivity index (χ4v) is 1.25. The summed E-state index contributed by atoms with van der Waals surface area (Å²) in [5, 5.41) is 0. The molecule has 0 rings (SSSR count). The largest absolute Gasteiger partial charge is 0.457 e. The van der Waals surface area contributed by atoms with Gasteiger partial charge in [-0.25, -0.2) is 9.59 Å². The van der Waals surface area contributed by atoms with Crippen molar-refractivity contribution in [2.24, 2.45) is 5.92 Å². The molecule has 0 aliphatic rings. The molecule has 1 unspecified atom stereocenters. The van der Waals surface area contributed by atoms with Crippen LogP contribution in [0.3, 0.4) is 0 Å². The molecule has 0 radical (unpaired) electrons. The van der Waals surface area contributed by atoms with E-state index in [1.165, 1.54) is 0 Å². The first kappa shape index (κ1) is 14.2. The summed E-state index contributed by atoms with van der Waals surface area (Å²) in [5.41, 5.74) is 0. The molecule has 1 atom stereocenters. The molecule has 0 amide bonds. The van der Waals surface area contributed by atoms with Crippen LogP contribution in [0.5, 0.6) is 0 Å². The van der Waals surface area contributed by atoms with Gasteiger partial charge in [-0.1, -0.05) is 33.1 Å². The third-order valence-electron chi connectivity index (χ3n) is 2.23. The number of carbonyl (C=O) groups is 2. The predicted octanol–water partition coefficient (Wildman–Crippen LogP) is 2.44. The highest BCUT2D eigenvalue weighted by Gasteiger charge is 2.18. The smallest absolute Gasteiger partial charge is 0.435 e. The third kappa shape index (κ3) is 6.33. The molecule has 0 N–H and O–H groups in total. The summed E-state index contributed by atoms with van der Waals surface area (Å²) in [7, 11) is 0. The van der Waals surface area contributed by atoms with Crippen molar-refractivity contribution < 1.29 is 18.6 Å². The van der Waals surface area contributed by atoms with Crippen LogP contribution in [0, 0.1) is 5.92 Å². The molecule has 88 valence electrons. The minimum absolute atomic E-state index is 0.251. The number of hydrogen-bond acceptors (Lipinski definition) is 4. The third-order valence-corrected chi connectivity index (χ3v) is 2.37. The summed E-state index contributed by atoms with van der Waals surface area (Å²) in [4.78, 5) is 21.5. The van der Waals surface area contributed by atoms with Crippen LogP contribution in [-0.2, 0) is 18.6 Å². The molecule has 0 aromatic heterocycles. The Labute approximate surface area is 95.0 Å². The number of rotatable bonds is 6. The van der Waals surface area contributed by atoms with Gasteiger partial charge in [-0.3, -0.25) is 0 Å². The van der Waals surface area contributed by atoms with Crippen molar-refractivity contribution in [3.05, 3.63) is 0 Å². The molecule has 4 nitrogen and oxygen atoms in total. The minimum atomic E-state index is -1.16. The van der Waals surface area contributed by atoms with E-state index in [0.717, 1.165) is 25.7 Å². The maximum absolute atomic E-state index is 10.9. The fourth-order valence-electron chi connectivity index (χ4n) is 1.18. The van der Waals surface area contributed by atoms with Gasteiger partial charge in [-0.2, -0.15) is 0 Å². The SMILES string of the molecule is CCCCC(CC)COC(=O)C(=O)OCl. The summed E-state index contributed by atoms with van der Waals surface area (Å²) < 4.78 is 8.46. The van der Waals surface area contributed by atoms with Crippen LogP contribution >= 0.6 is 11.9 Å². The number of hydrogen-bond donors (Lipinski definition) is 0. The highest BCUT2D eigenvalue weighted by molar-refractivity contribution is 6.35. The van der Waals surface area contributed by atoms with Gasteiger partial charge in [-0.15, -0.1) is 0 Å². The predicted molar refractivity (Wildman–Crippen MR) is 56.2 cm³/mol. The normalized spacial score (nSPS) is 11.9. The molecule has 0 saturated heterocycles. The van der Waals surface area contributed by atoms with Gasteiger partial charge in [0.25, 0.3) is 0 Å². The first-order valence-corrected chi connectivity index (χ1v) is 5.46. The van der Waals surface area contributed by atoms with Gasteiger partial charge in [-0.05, 0) is 12.3 Å². The quantitative estimate of drug-likeness (QED) is 0.525. The average Bonchev–Trinajstić information content (AvgIpc) is 2.27. The van der Waals surface area contributed by atoms with Crippen molar-refractivity contribution in [1.82, 2.24) is 0 Å². The monoisotopic (exact) mass is 236 g/mol. The van der Waals surface area contributed by atoms with E-state index in [1.54, 1.807) is 0 Å². The molecule has 0 aliphatic heterocycles. The van der Waals surface area contributed by atoms with Gasteiger partial charge in [0, 0.05) is 0 Å². The second-order valence-corrected chi connectivity index (χ2v) is 3.53. The molecular weight excluding hydrogens is 220 g/mol. The molecular formula is C10H17ClO4. The van der Waals surface area contributed by atoms with Crippen molar-refractivity contribution in [3.63, 3.8) is 0 Å². The topological polar surface area (TPSA) is 52.6 Å². The number of halogens is 1. The number of esters is 1. The van der Waals surface area contributed by atoms with Crippen molar-refractivity contribution >= 4 is 23.8 Å². The number of ether oxygens (including phenoxy) is 1. The lowest BCUT2D eigenvalue weighted by molar-refractivity contribution is -0.163. The van der Waals surface area contributed by atoms with E-state index in [2.05, 4.69) is 11.2 Å². The standard InChI is InChI=1S/C10H17ClO4/c1-3-5-6-8(4-2)7-14-9(12)10(13)15-11/h8H,3-7H2,1-2H3. The molecule has 0 saturated carbocycles. The molecule has 0 spiro atoms. The maximum Gasteiger partial charge on any atom is 0.435 e. The first-order chi connectivity index (χ1) is 7.15. The van der Waals surface area contributed by atoms with Crippen LogP contribution in [0.1, 0.15) is 39.5 Å². The highest BCUT2D eigenvalue weighted by Crippen LogP contribution is 2.12. The second-order valence-electron chi connectivity index (χ2n) is 3.38. The Morgan fingerprint density at radius 1 is 1.27 bits per heavy atom. The summed E-state index contributed by atoms with van der Waals surface area (Å²) in [6, 6.07) is 0. The molecule has 0 fully saturated rings. The molecule has 0 aromatic carbocycles.